The van der Waals surface area contributed by atoms with E-state index in [0.717, 1.165) is 17.6 Å². The molecule has 0 atom stereocenters. The maximum Gasteiger partial charge on any atom is 0.137 e. The van der Waals surface area contributed by atoms with Gasteiger partial charge in [-0.3, -0.25) is 0 Å². The second kappa shape index (κ2) is 7.50. The standard InChI is InChI=1S/C9H12N2.C7H6N2.C2H6/c1-7-5-10-9-6-11(2)4-3-8(7)9;1-2-6-3-5-9-7(6)8-4-1;1-2/h3-4,6,10H,5H2,1-2H3;1-5H,(H,8,9);1-2H3. The van der Waals surface area contributed by atoms with E-state index in [4.69, 9.17) is 0 Å². The molecule has 0 saturated carbocycles. The summed E-state index contributed by atoms with van der Waals surface area (Å²) in [7, 11) is 2.04. The molecule has 2 aliphatic rings. The first kappa shape index (κ1) is 15.9. The number of pyridine rings is 1. The number of fused-ring (bicyclic) bond motifs is 2. The highest BCUT2D eigenvalue weighted by Gasteiger charge is 2.16. The Balaban J connectivity index is 0.000000146. The van der Waals surface area contributed by atoms with Gasteiger partial charge in [-0.2, -0.15) is 0 Å². The van der Waals surface area contributed by atoms with Crippen molar-refractivity contribution in [1.29, 1.82) is 0 Å². The average Bonchev–Trinajstić information content (AvgIpc) is 3.17. The maximum atomic E-state index is 4.09. The van der Waals surface area contributed by atoms with Crippen molar-refractivity contribution >= 4 is 11.0 Å². The smallest absolute Gasteiger partial charge is 0.137 e. The van der Waals surface area contributed by atoms with E-state index in [1.54, 1.807) is 6.20 Å². The van der Waals surface area contributed by atoms with Crippen LogP contribution < -0.4 is 5.32 Å². The van der Waals surface area contributed by atoms with Gasteiger partial charge in [0, 0.05) is 49.3 Å². The summed E-state index contributed by atoms with van der Waals surface area (Å²) in [5.74, 6) is 0. The number of hydrogen-bond donors (Lipinski definition) is 2. The quantitative estimate of drug-likeness (QED) is 0.777. The molecule has 0 aromatic carbocycles. The summed E-state index contributed by atoms with van der Waals surface area (Å²) < 4.78 is 0. The van der Waals surface area contributed by atoms with Crippen LogP contribution in [0.3, 0.4) is 0 Å². The van der Waals surface area contributed by atoms with E-state index >= 15 is 0 Å². The highest BCUT2D eigenvalue weighted by molar-refractivity contribution is 5.74. The maximum absolute atomic E-state index is 4.09. The number of H-pyrrole nitrogens is 1. The van der Waals surface area contributed by atoms with Gasteiger partial charge in [0.1, 0.15) is 5.65 Å². The molecule has 4 heteroatoms. The van der Waals surface area contributed by atoms with Crippen LogP contribution in [0, 0.1) is 0 Å². The molecule has 0 spiro atoms. The fraction of sp³-hybridized carbons (Fsp3) is 0.278. The molecule has 4 nitrogen and oxygen atoms in total. The zero-order chi connectivity index (χ0) is 15.9. The third-order valence-electron chi connectivity index (χ3n) is 3.42. The Morgan fingerprint density at radius 2 is 2.05 bits per heavy atom. The number of aromatic nitrogens is 2. The molecule has 0 unspecified atom stereocenters. The number of aromatic amines is 1. The van der Waals surface area contributed by atoms with Gasteiger partial charge >= 0.3 is 0 Å². The largest absolute Gasteiger partial charge is 0.380 e. The normalized spacial score (nSPS) is 15.3. The Hall–Kier alpha value is -2.49. The Kier molecular flexibility index (Phi) is 5.42. The van der Waals surface area contributed by atoms with Gasteiger partial charge in [0.05, 0.1) is 5.70 Å². The third-order valence-corrected chi connectivity index (χ3v) is 3.42. The fourth-order valence-electron chi connectivity index (χ4n) is 2.32. The van der Waals surface area contributed by atoms with E-state index in [1.807, 2.05) is 45.3 Å². The molecule has 0 fully saturated rings. The predicted octanol–water partition coefficient (Wildman–Crippen LogP) is 3.80. The van der Waals surface area contributed by atoms with Crippen molar-refractivity contribution in [3.8, 4) is 0 Å². The van der Waals surface area contributed by atoms with E-state index < -0.39 is 0 Å². The fourth-order valence-corrected chi connectivity index (χ4v) is 2.32. The second-order valence-corrected chi connectivity index (χ2v) is 4.99. The minimum Gasteiger partial charge on any atom is -0.380 e. The molecule has 0 aliphatic carbocycles. The van der Waals surface area contributed by atoms with Crippen LogP contribution in [0.2, 0.25) is 0 Å². The van der Waals surface area contributed by atoms with Crippen molar-refractivity contribution in [2.24, 2.45) is 0 Å². The molecule has 2 aromatic rings. The monoisotopic (exact) mass is 296 g/mol. The van der Waals surface area contributed by atoms with Gasteiger partial charge in [0.25, 0.3) is 0 Å². The van der Waals surface area contributed by atoms with Gasteiger partial charge in [-0.15, -0.1) is 0 Å². The van der Waals surface area contributed by atoms with Crippen LogP contribution in [-0.4, -0.2) is 28.5 Å². The van der Waals surface area contributed by atoms with Gasteiger partial charge in [-0.1, -0.05) is 13.8 Å². The lowest BCUT2D eigenvalue weighted by Gasteiger charge is -2.15. The Labute approximate surface area is 132 Å². The summed E-state index contributed by atoms with van der Waals surface area (Å²) in [6, 6.07) is 5.96. The van der Waals surface area contributed by atoms with Crippen molar-refractivity contribution in [3.63, 3.8) is 0 Å². The number of nitrogens with one attached hydrogen (secondary N) is 2. The average molecular weight is 296 g/mol. The van der Waals surface area contributed by atoms with E-state index in [9.17, 15) is 0 Å². The Morgan fingerprint density at radius 1 is 1.23 bits per heavy atom. The number of rotatable bonds is 0. The molecule has 116 valence electrons. The van der Waals surface area contributed by atoms with Gasteiger partial charge in [0.15, 0.2) is 0 Å². The van der Waals surface area contributed by atoms with Crippen molar-refractivity contribution in [3.05, 3.63) is 65.9 Å². The number of nitrogens with zero attached hydrogens (tertiary/aromatic N) is 2. The molecule has 2 N–H and O–H groups in total. The first-order valence-corrected chi connectivity index (χ1v) is 7.68. The highest BCUT2D eigenvalue weighted by Crippen LogP contribution is 2.23. The SMILES string of the molecule is CC.CC1=C2C=CN(C)C=C2NC1.c1cnc2[nH]ccc2c1. The first-order valence-electron chi connectivity index (χ1n) is 7.68. The summed E-state index contributed by atoms with van der Waals surface area (Å²) in [6.45, 7) is 7.16. The summed E-state index contributed by atoms with van der Waals surface area (Å²) >= 11 is 0. The molecule has 4 rings (SSSR count). The predicted molar refractivity (Wildman–Crippen MR) is 93.1 cm³/mol. The van der Waals surface area contributed by atoms with Gasteiger partial charge in [-0.05, 0) is 36.8 Å². The van der Waals surface area contributed by atoms with Crippen molar-refractivity contribution in [2.75, 3.05) is 13.6 Å². The molecule has 22 heavy (non-hydrogen) atoms. The van der Waals surface area contributed by atoms with E-state index in [2.05, 4.69) is 45.6 Å². The lowest BCUT2D eigenvalue weighted by molar-refractivity contribution is 0.607. The highest BCUT2D eigenvalue weighted by atomic mass is 15.1. The van der Waals surface area contributed by atoms with Gasteiger partial charge in [0.2, 0.25) is 0 Å². The summed E-state index contributed by atoms with van der Waals surface area (Å²) in [5, 5.41) is 4.50. The van der Waals surface area contributed by atoms with Crippen LogP contribution in [0.25, 0.3) is 11.0 Å². The minimum atomic E-state index is 0.956. The van der Waals surface area contributed by atoms with Crippen molar-refractivity contribution < 1.29 is 0 Å². The number of allylic oxidation sites excluding steroid dienone is 1. The molecular formula is C18H24N4. The zero-order valence-electron chi connectivity index (χ0n) is 13.7. The third kappa shape index (κ3) is 3.58. The Bertz CT molecular complexity index is 676. The molecule has 2 aromatic heterocycles. The lowest BCUT2D eigenvalue weighted by atomic mass is 10.1. The van der Waals surface area contributed by atoms with Crippen LogP contribution in [0.15, 0.2) is 65.9 Å². The van der Waals surface area contributed by atoms with Crippen molar-refractivity contribution in [2.45, 2.75) is 20.8 Å². The van der Waals surface area contributed by atoms with Crippen LogP contribution in [0.5, 0.6) is 0 Å². The van der Waals surface area contributed by atoms with Crippen molar-refractivity contribution in [1.82, 2.24) is 20.2 Å². The minimum absolute atomic E-state index is 0.956. The van der Waals surface area contributed by atoms with Crippen LogP contribution >= 0.6 is 0 Å². The summed E-state index contributed by atoms with van der Waals surface area (Å²) in [4.78, 5) is 9.15. The molecule has 0 bridgehead atoms. The Morgan fingerprint density at radius 3 is 2.82 bits per heavy atom. The first-order chi connectivity index (χ1) is 10.7. The molecule has 4 heterocycles. The summed E-state index contributed by atoms with van der Waals surface area (Å²) in [5.41, 5.74) is 5.01. The molecule has 0 radical (unpaired) electrons. The zero-order valence-corrected chi connectivity index (χ0v) is 13.7. The van der Waals surface area contributed by atoms with Crippen LogP contribution in [-0.2, 0) is 0 Å². The van der Waals surface area contributed by atoms with Gasteiger partial charge in [-0.25, -0.2) is 4.98 Å². The molecule has 0 saturated heterocycles. The van der Waals surface area contributed by atoms with Crippen LogP contribution in [0.1, 0.15) is 20.8 Å². The molecule has 0 amide bonds. The van der Waals surface area contributed by atoms with Gasteiger partial charge < -0.3 is 15.2 Å². The summed E-state index contributed by atoms with van der Waals surface area (Å²) in [6.07, 6.45) is 10.0. The van der Waals surface area contributed by atoms with Crippen LogP contribution in [0.4, 0.5) is 0 Å². The molecule has 2 aliphatic heterocycles. The lowest BCUT2D eigenvalue weighted by Crippen LogP contribution is -2.14. The number of hydrogen-bond acceptors (Lipinski definition) is 3. The second-order valence-electron chi connectivity index (χ2n) is 4.99. The molecular weight excluding hydrogens is 272 g/mol. The van der Waals surface area contributed by atoms with E-state index in [1.165, 1.54) is 16.8 Å². The topological polar surface area (TPSA) is 44.0 Å². The van der Waals surface area contributed by atoms with E-state index in [0.29, 0.717) is 0 Å². The van der Waals surface area contributed by atoms with E-state index in [-0.39, 0.29) is 0 Å².